The molecule has 0 aromatic carbocycles. The second-order valence-electron chi connectivity index (χ2n) is 4.08. The molecule has 1 amide bonds. The summed E-state index contributed by atoms with van der Waals surface area (Å²) in [7, 11) is 0. The molecule has 2 rings (SSSR count). The highest BCUT2D eigenvalue weighted by Gasteiger charge is 2.20. The normalized spacial score (nSPS) is 15.7. The molecule has 15 heavy (non-hydrogen) atoms. The zero-order valence-electron chi connectivity index (χ0n) is 9.29. The maximum atomic E-state index is 12.1. The van der Waals surface area contributed by atoms with Gasteiger partial charge in [0.05, 0.1) is 11.3 Å². The summed E-state index contributed by atoms with van der Waals surface area (Å²) in [5.41, 5.74) is 2.56. The van der Waals surface area contributed by atoms with E-state index in [4.69, 9.17) is 0 Å². The Morgan fingerprint density at radius 3 is 2.53 bits per heavy atom. The van der Waals surface area contributed by atoms with Gasteiger partial charge in [-0.15, -0.1) is 0 Å². The van der Waals surface area contributed by atoms with Gasteiger partial charge >= 0.3 is 0 Å². The van der Waals surface area contributed by atoms with Crippen molar-refractivity contribution >= 4 is 5.91 Å². The van der Waals surface area contributed by atoms with Crippen molar-refractivity contribution in [2.45, 2.75) is 26.7 Å². The van der Waals surface area contributed by atoms with Gasteiger partial charge in [0.15, 0.2) is 0 Å². The highest BCUT2D eigenvalue weighted by Crippen LogP contribution is 2.14. The summed E-state index contributed by atoms with van der Waals surface area (Å²) in [5, 5.41) is 0. The fraction of sp³-hybridized carbons (Fsp3) is 0.500. The molecule has 1 fully saturated rings. The highest BCUT2D eigenvalue weighted by molar-refractivity contribution is 5.95. The molecule has 0 N–H and O–H groups in total. The van der Waals surface area contributed by atoms with E-state index >= 15 is 0 Å². The molecule has 80 valence electrons. The van der Waals surface area contributed by atoms with Crippen LogP contribution in [0.3, 0.4) is 0 Å². The molecular weight excluding hydrogens is 188 g/mol. The van der Waals surface area contributed by atoms with E-state index in [1.54, 1.807) is 0 Å². The van der Waals surface area contributed by atoms with Gasteiger partial charge in [-0.1, -0.05) is 0 Å². The van der Waals surface area contributed by atoms with Gasteiger partial charge in [-0.3, -0.25) is 9.78 Å². The van der Waals surface area contributed by atoms with Crippen LogP contribution in [0.4, 0.5) is 0 Å². The molecule has 1 aliphatic rings. The minimum Gasteiger partial charge on any atom is -0.339 e. The summed E-state index contributed by atoms with van der Waals surface area (Å²) in [5.74, 6) is 0.137. The fourth-order valence-electron chi connectivity index (χ4n) is 2.00. The quantitative estimate of drug-likeness (QED) is 0.700. The largest absolute Gasteiger partial charge is 0.339 e. The Morgan fingerprint density at radius 2 is 1.93 bits per heavy atom. The highest BCUT2D eigenvalue weighted by atomic mass is 16.2. The summed E-state index contributed by atoms with van der Waals surface area (Å²) in [6, 6.07) is 3.79. The smallest absolute Gasteiger partial charge is 0.255 e. The van der Waals surface area contributed by atoms with Gasteiger partial charge in [-0.25, -0.2) is 0 Å². The molecule has 2 heterocycles. The Balaban J connectivity index is 2.24. The standard InChI is InChI=1S/C12H16N2O/c1-9-5-6-11(10(2)13-9)12(15)14-7-3-4-8-14/h5-6H,3-4,7-8H2,1-2H3. The minimum atomic E-state index is 0.137. The first-order valence-corrected chi connectivity index (χ1v) is 5.42. The van der Waals surface area contributed by atoms with E-state index < -0.39 is 0 Å². The van der Waals surface area contributed by atoms with Crippen molar-refractivity contribution in [3.8, 4) is 0 Å². The summed E-state index contributed by atoms with van der Waals surface area (Å²) in [6.45, 7) is 5.63. The summed E-state index contributed by atoms with van der Waals surface area (Å²) < 4.78 is 0. The molecule has 0 aliphatic carbocycles. The van der Waals surface area contributed by atoms with Gasteiger partial charge in [-0.05, 0) is 38.8 Å². The lowest BCUT2D eigenvalue weighted by molar-refractivity contribution is 0.0791. The monoisotopic (exact) mass is 204 g/mol. The molecule has 3 heteroatoms. The van der Waals surface area contributed by atoms with E-state index in [0.717, 1.165) is 42.9 Å². The van der Waals surface area contributed by atoms with Crippen LogP contribution in [0, 0.1) is 13.8 Å². The first-order chi connectivity index (χ1) is 7.18. The predicted octanol–water partition coefficient (Wildman–Crippen LogP) is 1.93. The maximum Gasteiger partial charge on any atom is 0.255 e. The Hall–Kier alpha value is -1.38. The van der Waals surface area contributed by atoms with E-state index in [2.05, 4.69) is 4.98 Å². The first kappa shape index (κ1) is 10.1. The van der Waals surface area contributed by atoms with Crippen molar-refractivity contribution in [3.05, 3.63) is 29.1 Å². The van der Waals surface area contributed by atoms with Crippen LogP contribution in [0.5, 0.6) is 0 Å². The van der Waals surface area contributed by atoms with Gasteiger partial charge in [0.1, 0.15) is 0 Å². The van der Waals surface area contributed by atoms with Crippen LogP contribution in [0.1, 0.15) is 34.6 Å². The molecule has 0 bridgehead atoms. The van der Waals surface area contributed by atoms with Gasteiger partial charge < -0.3 is 4.90 Å². The third kappa shape index (κ3) is 2.01. The van der Waals surface area contributed by atoms with Crippen LogP contribution in [-0.4, -0.2) is 28.9 Å². The summed E-state index contributed by atoms with van der Waals surface area (Å²) in [6.07, 6.45) is 2.26. The van der Waals surface area contributed by atoms with E-state index in [1.165, 1.54) is 0 Å². The van der Waals surface area contributed by atoms with Crippen molar-refractivity contribution in [2.24, 2.45) is 0 Å². The molecule has 1 aromatic heterocycles. The number of hydrogen-bond donors (Lipinski definition) is 0. The lowest BCUT2D eigenvalue weighted by Crippen LogP contribution is -2.28. The van der Waals surface area contributed by atoms with Gasteiger partial charge in [-0.2, -0.15) is 0 Å². The van der Waals surface area contributed by atoms with Crippen molar-refractivity contribution in [2.75, 3.05) is 13.1 Å². The summed E-state index contributed by atoms with van der Waals surface area (Å²) >= 11 is 0. The number of likely N-dealkylation sites (tertiary alicyclic amines) is 1. The lowest BCUT2D eigenvalue weighted by Gasteiger charge is -2.16. The Morgan fingerprint density at radius 1 is 1.27 bits per heavy atom. The van der Waals surface area contributed by atoms with Crippen molar-refractivity contribution in [1.82, 2.24) is 9.88 Å². The lowest BCUT2D eigenvalue weighted by atomic mass is 10.1. The second kappa shape index (κ2) is 4.01. The van der Waals surface area contributed by atoms with Gasteiger partial charge in [0.25, 0.3) is 5.91 Å². The zero-order valence-corrected chi connectivity index (χ0v) is 9.29. The van der Waals surface area contributed by atoms with Gasteiger partial charge in [0, 0.05) is 18.8 Å². The molecular formula is C12H16N2O. The van der Waals surface area contributed by atoms with E-state index in [0.29, 0.717) is 0 Å². The molecule has 1 aliphatic heterocycles. The number of rotatable bonds is 1. The number of carbonyl (C=O) groups is 1. The molecule has 3 nitrogen and oxygen atoms in total. The van der Waals surface area contributed by atoms with Crippen LogP contribution in [0.2, 0.25) is 0 Å². The van der Waals surface area contributed by atoms with Crippen molar-refractivity contribution < 1.29 is 4.79 Å². The number of hydrogen-bond acceptors (Lipinski definition) is 2. The SMILES string of the molecule is Cc1ccc(C(=O)N2CCCC2)c(C)n1. The third-order valence-corrected chi connectivity index (χ3v) is 2.85. The van der Waals surface area contributed by atoms with Gasteiger partial charge in [0.2, 0.25) is 0 Å². The molecule has 0 radical (unpaired) electrons. The number of aromatic nitrogens is 1. The average molecular weight is 204 g/mol. The number of carbonyl (C=O) groups excluding carboxylic acids is 1. The average Bonchev–Trinajstić information content (AvgIpc) is 2.69. The number of amides is 1. The van der Waals surface area contributed by atoms with Crippen molar-refractivity contribution in [3.63, 3.8) is 0 Å². The van der Waals surface area contributed by atoms with Crippen LogP contribution < -0.4 is 0 Å². The number of nitrogens with zero attached hydrogens (tertiary/aromatic N) is 2. The molecule has 0 saturated carbocycles. The molecule has 1 aromatic rings. The minimum absolute atomic E-state index is 0.137. The van der Waals surface area contributed by atoms with E-state index in [1.807, 2.05) is 30.9 Å². The van der Waals surface area contributed by atoms with E-state index in [-0.39, 0.29) is 5.91 Å². The fourth-order valence-corrected chi connectivity index (χ4v) is 2.00. The second-order valence-corrected chi connectivity index (χ2v) is 4.08. The maximum absolute atomic E-state index is 12.1. The molecule has 0 atom stereocenters. The predicted molar refractivity (Wildman–Crippen MR) is 58.8 cm³/mol. The number of pyridine rings is 1. The Bertz CT molecular complexity index is 381. The number of aryl methyl sites for hydroxylation is 2. The molecule has 0 unspecified atom stereocenters. The van der Waals surface area contributed by atoms with Crippen LogP contribution >= 0.6 is 0 Å². The molecule has 0 spiro atoms. The van der Waals surface area contributed by atoms with Crippen molar-refractivity contribution in [1.29, 1.82) is 0 Å². The van der Waals surface area contributed by atoms with Crippen LogP contribution in [-0.2, 0) is 0 Å². The van der Waals surface area contributed by atoms with Crippen LogP contribution in [0.15, 0.2) is 12.1 Å². The Labute approximate surface area is 90.1 Å². The third-order valence-electron chi connectivity index (χ3n) is 2.85. The molecule has 1 saturated heterocycles. The van der Waals surface area contributed by atoms with E-state index in [9.17, 15) is 4.79 Å². The topological polar surface area (TPSA) is 33.2 Å². The Kier molecular flexibility index (Phi) is 2.71. The summed E-state index contributed by atoms with van der Waals surface area (Å²) in [4.78, 5) is 18.3. The zero-order chi connectivity index (χ0) is 10.8. The van der Waals surface area contributed by atoms with Crippen LogP contribution in [0.25, 0.3) is 0 Å². The first-order valence-electron chi connectivity index (χ1n) is 5.42.